The predicted molar refractivity (Wildman–Crippen MR) is 95.1 cm³/mol. The molecule has 1 atom stereocenters. The first-order valence-corrected chi connectivity index (χ1v) is 8.23. The van der Waals surface area contributed by atoms with E-state index in [1.165, 1.54) is 27.5 Å². The number of hydrogen-bond donors (Lipinski definition) is 0. The zero-order valence-corrected chi connectivity index (χ0v) is 14.2. The van der Waals surface area contributed by atoms with Crippen LogP contribution < -0.4 is 0 Å². The van der Waals surface area contributed by atoms with Crippen molar-refractivity contribution in [2.24, 2.45) is 0 Å². The number of aryl methyl sites for hydroxylation is 1. The third kappa shape index (κ3) is 3.48. The first kappa shape index (κ1) is 14.6. The summed E-state index contributed by atoms with van der Waals surface area (Å²) in [4.78, 5) is 0. The Morgan fingerprint density at radius 3 is 2.52 bits per heavy atom. The van der Waals surface area contributed by atoms with Gasteiger partial charge in [0.15, 0.2) is 0 Å². The molecule has 0 nitrogen and oxygen atoms in total. The fourth-order valence-corrected chi connectivity index (χ4v) is 3.29. The SMILES string of the molecule is Cc1cccc(CC(Cl)c2ccc3cc(Br)ccc3c2)c1. The van der Waals surface area contributed by atoms with Crippen LogP contribution in [0.25, 0.3) is 10.8 Å². The van der Waals surface area contributed by atoms with Crippen molar-refractivity contribution in [2.45, 2.75) is 18.7 Å². The van der Waals surface area contributed by atoms with Crippen LogP contribution >= 0.6 is 27.5 Å². The molecule has 0 spiro atoms. The molecule has 0 saturated heterocycles. The standard InChI is InChI=1S/C19H16BrCl/c1-13-3-2-4-14(9-13)10-19(21)17-6-5-16-12-18(20)8-7-15(16)11-17/h2-9,11-12,19H,10H2,1H3. The summed E-state index contributed by atoms with van der Waals surface area (Å²) in [6, 6.07) is 21.3. The lowest BCUT2D eigenvalue weighted by Crippen LogP contribution is -1.96. The Kier molecular flexibility index (Phi) is 4.32. The molecular formula is C19H16BrCl. The fourth-order valence-electron chi connectivity index (χ4n) is 2.59. The van der Waals surface area contributed by atoms with Crippen molar-refractivity contribution < 1.29 is 0 Å². The maximum absolute atomic E-state index is 6.62. The van der Waals surface area contributed by atoms with Gasteiger partial charge in [0.2, 0.25) is 0 Å². The third-order valence-corrected chi connectivity index (χ3v) is 4.58. The van der Waals surface area contributed by atoms with E-state index in [1.54, 1.807) is 0 Å². The highest BCUT2D eigenvalue weighted by Gasteiger charge is 2.10. The molecule has 0 fully saturated rings. The van der Waals surface area contributed by atoms with Crippen molar-refractivity contribution in [3.8, 4) is 0 Å². The molecule has 3 rings (SSSR count). The van der Waals surface area contributed by atoms with Crippen molar-refractivity contribution in [3.63, 3.8) is 0 Å². The van der Waals surface area contributed by atoms with Crippen molar-refractivity contribution in [1.29, 1.82) is 0 Å². The molecule has 3 aromatic carbocycles. The molecule has 0 radical (unpaired) electrons. The van der Waals surface area contributed by atoms with E-state index in [4.69, 9.17) is 11.6 Å². The average Bonchev–Trinajstić information content (AvgIpc) is 2.46. The van der Waals surface area contributed by atoms with Crippen molar-refractivity contribution in [1.82, 2.24) is 0 Å². The van der Waals surface area contributed by atoms with Gasteiger partial charge in [-0.25, -0.2) is 0 Å². The van der Waals surface area contributed by atoms with Crippen LogP contribution in [0.15, 0.2) is 65.1 Å². The van der Waals surface area contributed by atoms with Crippen molar-refractivity contribution in [3.05, 3.63) is 81.8 Å². The second-order valence-corrected chi connectivity index (χ2v) is 6.85. The summed E-state index contributed by atoms with van der Waals surface area (Å²) in [5.74, 6) is 0. The minimum absolute atomic E-state index is 0.000142. The first-order chi connectivity index (χ1) is 10.1. The summed E-state index contributed by atoms with van der Waals surface area (Å²) in [7, 11) is 0. The molecule has 0 amide bonds. The zero-order chi connectivity index (χ0) is 14.8. The summed E-state index contributed by atoms with van der Waals surface area (Å²) < 4.78 is 1.10. The average molecular weight is 360 g/mol. The van der Waals surface area contributed by atoms with Gasteiger partial charge in [-0.05, 0) is 53.4 Å². The maximum atomic E-state index is 6.62. The van der Waals surface area contributed by atoms with E-state index in [-0.39, 0.29) is 5.38 Å². The molecule has 0 aliphatic heterocycles. The topological polar surface area (TPSA) is 0 Å². The van der Waals surface area contributed by atoms with Gasteiger partial charge in [-0.1, -0.05) is 64.0 Å². The monoisotopic (exact) mass is 358 g/mol. The van der Waals surface area contributed by atoms with E-state index in [1.807, 2.05) is 0 Å². The van der Waals surface area contributed by atoms with Gasteiger partial charge in [-0.15, -0.1) is 11.6 Å². The highest BCUT2D eigenvalue weighted by Crippen LogP contribution is 2.29. The van der Waals surface area contributed by atoms with E-state index in [0.717, 1.165) is 10.9 Å². The normalized spacial score (nSPS) is 12.5. The van der Waals surface area contributed by atoms with Gasteiger partial charge in [-0.3, -0.25) is 0 Å². The number of hydrogen-bond acceptors (Lipinski definition) is 0. The predicted octanol–water partition coefficient (Wildman–Crippen LogP) is 6.43. The third-order valence-electron chi connectivity index (χ3n) is 3.69. The molecule has 0 aliphatic carbocycles. The van der Waals surface area contributed by atoms with Gasteiger partial charge in [0.25, 0.3) is 0 Å². The van der Waals surface area contributed by atoms with Crippen LogP contribution in [-0.4, -0.2) is 0 Å². The second-order valence-electron chi connectivity index (χ2n) is 5.41. The molecule has 1 unspecified atom stereocenters. The van der Waals surface area contributed by atoms with Gasteiger partial charge in [-0.2, -0.15) is 0 Å². The fraction of sp³-hybridized carbons (Fsp3) is 0.158. The molecule has 0 saturated carbocycles. The van der Waals surface area contributed by atoms with Crippen molar-refractivity contribution in [2.75, 3.05) is 0 Å². The van der Waals surface area contributed by atoms with Crippen LogP contribution in [0.4, 0.5) is 0 Å². The molecule has 106 valence electrons. The molecular weight excluding hydrogens is 344 g/mol. The molecule has 0 heterocycles. The molecule has 0 bridgehead atoms. The molecule has 2 heteroatoms. The quantitative estimate of drug-likeness (QED) is 0.472. The second kappa shape index (κ2) is 6.21. The molecule has 0 aliphatic rings. The molecule has 0 aromatic heterocycles. The maximum Gasteiger partial charge on any atom is 0.0625 e. The Hall–Kier alpha value is -1.31. The van der Waals surface area contributed by atoms with E-state index in [2.05, 4.69) is 83.5 Å². The highest BCUT2D eigenvalue weighted by atomic mass is 79.9. The van der Waals surface area contributed by atoms with Gasteiger partial charge in [0.1, 0.15) is 0 Å². The van der Waals surface area contributed by atoms with E-state index in [0.29, 0.717) is 0 Å². The van der Waals surface area contributed by atoms with Gasteiger partial charge < -0.3 is 0 Å². The summed E-state index contributed by atoms with van der Waals surface area (Å²) in [6.45, 7) is 2.11. The number of rotatable bonds is 3. The summed E-state index contributed by atoms with van der Waals surface area (Å²) in [6.07, 6.45) is 0.852. The van der Waals surface area contributed by atoms with Crippen LogP contribution in [0.5, 0.6) is 0 Å². The van der Waals surface area contributed by atoms with Crippen LogP contribution in [0.2, 0.25) is 0 Å². The molecule has 3 aromatic rings. The Labute approximate surface area is 138 Å². The van der Waals surface area contributed by atoms with Gasteiger partial charge in [0, 0.05) is 4.47 Å². The highest BCUT2D eigenvalue weighted by molar-refractivity contribution is 9.10. The van der Waals surface area contributed by atoms with E-state index in [9.17, 15) is 0 Å². The van der Waals surface area contributed by atoms with Gasteiger partial charge >= 0.3 is 0 Å². The van der Waals surface area contributed by atoms with E-state index >= 15 is 0 Å². The van der Waals surface area contributed by atoms with Crippen LogP contribution in [0.3, 0.4) is 0 Å². The number of alkyl halides is 1. The van der Waals surface area contributed by atoms with Crippen LogP contribution in [0.1, 0.15) is 22.1 Å². The van der Waals surface area contributed by atoms with Crippen molar-refractivity contribution >= 4 is 38.3 Å². The van der Waals surface area contributed by atoms with Crippen LogP contribution in [-0.2, 0) is 6.42 Å². The lowest BCUT2D eigenvalue weighted by Gasteiger charge is -2.12. The number of benzene rings is 3. The van der Waals surface area contributed by atoms with Gasteiger partial charge in [0.05, 0.1) is 5.38 Å². The largest absolute Gasteiger partial charge is 0.117 e. The number of halogens is 2. The van der Waals surface area contributed by atoms with Crippen LogP contribution in [0, 0.1) is 6.92 Å². The van der Waals surface area contributed by atoms with E-state index < -0.39 is 0 Å². The molecule has 0 N–H and O–H groups in total. The Bertz CT molecular complexity index is 779. The summed E-state index contributed by atoms with van der Waals surface area (Å²) in [5.41, 5.74) is 3.73. The lowest BCUT2D eigenvalue weighted by atomic mass is 10.00. The smallest absolute Gasteiger partial charge is 0.0625 e. The Balaban J connectivity index is 1.87. The Morgan fingerprint density at radius 2 is 1.71 bits per heavy atom. The lowest BCUT2D eigenvalue weighted by molar-refractivity contribution is 0.920. The molecule has 21 heavy (non-hydrogen) atoms. The minimum atomic E-state index is -0.000142. The summed E-state index contributed by atoms with van der Waals surface area (Å²) >= 11 is 10.1. The minimum Gasteiger partial charge on any atom is -0.117 e. The zero-order valence-electron chi connectivity index (χ0n) is 11.8. The number of fused-ring (bicyclic) bond motifs is 1. The summed E-state index contributed by atoms with van der Waals surface area (Å²) in [5, 5.41) is 2.46. The first-order valence-electron chi connectivity index (χ1n) is 7.01. The Morgan fingerprint density at radius 1 is 0.952 bits per heavy atom.